The third-order valence-electron chi connectivity index (χ3n) is 11.8. The lowest BCUT2D eigenvalue weighted by atomic mass is 9.95. The van der Waals surface area contributed by atoms with Gasteiger partial charge in [0.05, 0.1) is 36.8 Å². The number of hydrogen-bond donors (Lipinski definition) is 1. The Bertz CT molecular complexity index is 2130. The predicted octanol–water partition coefficient (Wildman–Crippen LogP) is 4.91. The molecular weight excluding hydrogens is 658 g/mol. The Morgan fingerprint density at radius 1 is 1.00 bits per heavy atom. The highest BCUT2D eigenvalue weighted by Gasteiger charge is 2.43. The molecular formula is C40H45N7O5. The number of piperazine rings is 1. The summed E-state index contributed by atoms with van der Waals surface area (Å²) in [4.78, 5) is 51.2. The molecule has 12 nitrogen and oxygen atoms in total. The number of aryl methyl sites for hydroxylation is 2. The van der Waals surface area contributed by atoms with Crippen molar-refractivity contribution in [1.82, 2.24) is 19.0 Å². The first-order valence-corrected chi connectivity index (χ1v) is 18.5. The van der Waals surface area contributed by atoms with Crippen LogP contribution >= 0.6 is 0 Å². The van der Waals surface area contributed by atoms with Crippen LogP contribution in [0.25, 0.3) is 11.1 Å². The highest BCUT2D eigenvalue weighted by molar-refractivity contribution is 6.07. The van der Waals surface area contributed by atoms with Crippen molar-refractivity contribution in [3.63, 3.8) is 0 Å². The van der Waals surface area contributed by atoms with Gasteiger partial charge < -0.3 is 33.7 Å². The number of pyridine rings is 2. The molecule has 2 bridgehead atoms. The highest BCUT2D eigenvalue weighted by Crippen LogP contribution is 2.54. The molecule has 3 aromatic heterocycles. The van der Waals surface area contributed by atoms with E-state index in [2.05, 4.69) is 30.7 Å². The van der Waals surface area contributed by atoms with Gasteiger partial charge in [-0.05, 0) is 79.1 Å². The number of nitrogens with zero attached hydrogens (tertiary/aromatic N) is 6. The Morgan fingerprint density at radius 2 is 1.81 bits per heavy atom. The summed E-state index contributed by atoms with van der Waals surface area (Å²) in [7, 11) is 1.72. The zero-order valence-electron chi connectivity index (χ0n) is 30.1. The van der Waals surface area contributed by atoms with E-state index in [9.17, 15) is 14.4 Å². The number of amides is 1. The number of carbonyl (C=O) groups excluding carboxylic acids is 2. The topological polar surface area (TPSA) is 114 Å². The number of aromatic nitrogens is 3. The smallest absolute Gasteiger partial charge is 0.302 e. The molecule has 9 rings (SSSR count). The van der Waals surface area contributed by atoms with Crippen LogP contribution < -0.4 is 20.7 Å². The van der Waals surface area contributed by atoms with Crippen molar-refractivity contribution in [2.75, 3.05) is 61.1 Å². The molecule has 12 heteroatoms. The van der Waals surface area contributed by atoms with Crippen molar-refractivity contribution in [2.45, 2.75) is 64.1 Å². The molecule has 6 heterocycles. The summed E-state index contributed by atoms with van der Waals surface area (Å²) in [6, 6.07) is 12.5. The second-order valence-electron chi connectivity index (χ2n) is 15.1. The second kappa shape index (κ2) is 12.9. The van der Waals surface area contributed by atoms with Gasteiger partial charge in [-0.25, -0.2) is 4.98 Å². The minimum Gasteiger partial charge on any atom is -0.461 e. The van der Waals surface area contributed by atoms with Crippen LogP contribution in [0.3, 0.4) is 0 Å². The van der Waals surface area contributed by atoms with E-state index in [1.807, 2.05) is 48.4 Å². The van der Waals surface area contributed by atoms with Crippen molar-refractivity contribution in [1.29, 1.82) is 0 Å². The van der Waals surface area contributed by atoms with E-state index in [1.54, 1.807) is 17.8 Å². The summed E-state index contributed by atoms with van der Waals surface area (Å²) in [6.07, 6.45) is 7.27. The highest BCUT2D eigenvalue weighted by atomic mass is 16.5. The van der Waals surface area contributed by atoms with E-state index in [4.69, 9.17) is 9.47 Å². The molecule has 0 radical (unpaired) electrons. The first kappa shape index (κ1) is 32.9. The number of hydrogen-bond acceptors (Lipinski definition) is 9. The van der Waals surface area contributed by atoms with Crippen LogP contribution in [0.1, 0.15) is 70.9 Å². The molecule has 1 amide bonds. The fourth-order valence-electron chi connectivity index (χ4n) is 9.10. The number of anilines is 4. The van der Waals surface area contributed by atoms with Gasteiger partial charge in [-0.2, -0.15) is 0 Å². The van der Waals surface area contributed by atoms with E-state index < -0.39 is 5.97 Å². The number of ether oxygens (including phenoxy) is 2. The maximum absolute atomic E-state index is 14.3. The quantitative estimate of drug-likeness (QED) is 0.256. The van der Waals surface area contributed by atoms with Crippen molar-refractivity contribution in [2.24, 2.45) is 7.05 Å². The lowest BCUT2D eigenvalue weighted by Crippen LogP contribution is -2.56. The molecule has 2 atom stereocenters. The Morgan fingerprint density at radius 3 is 2.54 bits per heavy atom. The molecule has 2 saturated heterocycles. The number of esters is 1. The number of benzene rings is 1. The maximum atomic E-state index is 14.3. The summed E-state index contributed by atoms with van der Waals surface area (Å²) in [5.74, 6) is 1.25. The molecule has 270 valence electrons. The van der Waals surface area contributed by atoms with Crippen molar-refractivity contribution < 1.29 is 19.1 Å². The normalized spacial score (nSPS) is 21.2. The number of fused-ring (bicyclic) bond motifs is 7. The maximum Gasteiger partial charge on any atom is 0.302 e. The fraction of sp³-hybridized carbons (Fsp3) is 0.450. The molecule has 4 aromatic rings. The number of rotatable bonds is 8. The first-order chi connectivity index (χ1) is 25.2. The fourth-order valence-corrected chi connectivity index (χ4v) is 9.10. The molecule has 2 aliphatic carbocycles. The van der Waals surface area contributed by atoms with Gasteiger partial charge in [0, 0.05) is 82.2 Å². The molecule has 0 spiro atoms. The molecule has 2 unspecified atom stereocenters. The Labute approximate surface area is 302 Å². The number of carbonyl (C=O) groups is 2. The molecule has 1 N–H and O–H groups in total. The van der Waals surface area contributed by atoms with E-state index >= 15 is 0 Å². The first-order valence-electron chi connectivity index (χ1n) is 18.5. The van der Waals surface area contributed by atoms with Crippen molar-refractivity contribution >= 4 is 34.8 Å². The van der Waals surface area contributed by atoms with Gasteiger partial charge in [-0.3, -0.25) is 19.3 Å². The van der Waals surface area contributed by atoms with Crippen LogP contribution in [0, 0.1) is 6.92 Å². The van der Waals surface area contributed by atoms with E-state index in [-0.39, 0.29) is 18.1 Å². The Kier molecular flexibility index (Phi) is 8.19. The van der Waals surface area contributed by atoms with Crippen LogP contribution in [-0.2, 0) is 34.5 Å². The third kappa shape index (κ3) is 5.68. The molecule has 1 saturated carbocycles. The summed E-state index contributed by atoms with van der Waals surface area (Å²) in [5, 5.41) is 3.26. The monoisotopic (exact) mass is 703 g/mol. The van der Waals surface area contributed by atoms with Gasteiger partial charge in [0.25, 0.3) is 11.5 Å². The Hall–Kier alpha value is -4.94. The minimum absolute atomic E-state index is 0.0109. The number of nitrogens with one attached hydrogen (secondary N) is 1. The minimum atomic E-state index is -0.407. The van der Waals surface area contributed by atoms with Gasteiger partial charge in [-0.15, -0.1) is 0 Å². The predicted molar refractivity (Wildman–Crippen MR) is 199 cm³/mol. The summed E-state index contributed by atoms with van der Waals surface area (Å²) in [5.41, 5.74) is 8.64. The molecule has 52 heavy (non-hydrogen) atoms. The summed E-state index contributed by atoms with van der Waals surface area (Å²) < 4.78 is 14.8. The summed E-state index contributed by atoms with van der Waals surface area (Å²) >= 11 is 0. The lowest BCUT2D eigenvalue weighted by molar-refractivity contribution is -0.142. The SMILES string of the molecule is CC(=O)OCc1c(-c2cc(Nc3ccc(N4CCN(C5COC5)CC4)cn3)c(=O)n(C)c2)cc(C)cc1N1CCn2c(cc3c2C2CCC3C2)C1=O. The zero-order chi connectivity index (χ0) is 35.7. The van der Waals surface area contributed by atoms with Crippen LogP contribution in [0.2, 0.25) is 0 Å². The van der Waals surface area contributed by atoms with Crippen molar-refractivity contribution in [3.05, 3.63) is 87.2 Å². The Balaban J connectivity index is 1.01. The molecule has 3 fully saturated rings. The van der Waals surface area contributed by atoms with Crippen molar-refractivity contribution in [3.8, 4) is 11.1 Å². The van der Waals surface area contributed by atoms with Gasteiger partial charge in [-0.1, -0.05) is 6.07 Å². The van der Waals surface area contributed by atoms with E-state index in [0.29, 0.717) is 35.9 Å². The lowest BCUT2D eigenvalue weighted by Gasteiger charge is -2.43. The van der Waals surface area contributed by atoms with E-state index in [0.717, 1.165) is 85.3 Å². The van der Waals surface area contributed by atoms with Gasteiger partial charge in [0.2, 0.25) is 0 Å². The zero-order valence-corrected chi connectivity index (χ0v) is 30.1. The van der Waals surface area contributed by atoms with Crippen LogP contribution in [0.4, 0.5) is 22.9 Å². The molecule has 3 aliphatic heterocycles. The van der Waals surface area contributed by atoms with Crippen LogP contribution in [-0.4, -0.2) is 82.9 Å². The van der Waals surface area contributed by atoms with Gasteiger partial charge >= 0.3 is 5.97 Å². The van der Waals surface area contributed by atoms with Gasteiger partial charge in [0.1, 0.15) is 23.8 Å². The third-order valence-corrected chi connectivity index (χ3v) is 11.8. The molecule has 1 aromatic carbocycles. The van der Waals surface area contributed by atoms with E-state index in [1.165, 1.54) is 37.4 Å². The standard InChI is InChI=1S/C40H45N7O5/c1-24-14-31(33(23-52-25(2)48)35(15-24)47-13-12-46-36(40(47)50)18-32-26-4-5-27(16-26)38(32)46)28-17-34(39(49)43(3)20-28)42-37-7-6-29(19-41-37)44-8-10-45(11-9-44)30-21-51-22-30/h6-7,14-15,17-20,26-27,30H,4-5,8-13,16,21-23H2,1-3H3,(H,41,42). The average molecular weight is 704 g/mol. The second-order valence-corrected chi connectivity index (χ2v) is 15.1. The molecule has 5 aliphatic rings. The summed E-state index contributed by atoms with van der Waals surface area (Å²) in [6.45, 7) is 10.1. The average Bonchev–Trinajstić information content (AvgIpc) is 3.84. The van der Waals surface area contributed by atoms with Crippen LogP contribution in [0.15, 0.2) is 53.6 Å². The van der Waals surface area contributed by atoms with Crippen LogP contribution in [0.5, 0.6) is 0 Å². The van der Waals surface area contributed by atoms with Gasteiger partial charge in [0.15, 0.2) is 0 Å². The largest absolute Gasteiger partial charge is 0.461 e.